The Balaban J connectivity index is 1.99. The van der Waals surface area contributed by atoms with Gasteiger partial charge in [-0.2, -0.15) is 4.31 Å². The van der Waals surface area contributed by atoms with Gasteiger partial charge in [0.05, 0.1) is 23.1 Å². The summed E-state index contributed by atoms with van der Waals surface area (Å²) in [6.45, 7) is 6.26. The van der Waals surface area contributed by atoms with Crippen molar-refractivity contribution in [2.75, 3.05) is 18.5 Å². The number of hydrogen-bond acceptors (Lipinski definition) is 4. The van der Waals surface area contributed by atoms with Crippen molar-refractivity contribution in [2.24, 2.45) is 0 Å². The summed E-state index contributed by atoms with van der Waals surface area (Å²) >= 11 is 0. The summed E-state index contributed by atoms with van der Waals surface area (Å²) in [5.74, 6) is 0.559. The molecule has 0 bridgehead atoms. The molecule has 1 aromatic heterocycles. The molecule has 7 heteroatoms. The fourth-order valence-electron chi connectivity index (χ4n) is 3.17. The number of hydrogen-bond donors (Lipinski definition) is 0. The third-order valence-electron chi connectivity index (χ3n) is 4.69. The van der Waals surface area contributed by atoms with E-state index in [4.69, 9.17) is 4.42 Å². The van der Waals surface area contributed by atoms with Gasteiger partial charge in [-0.1, -0.05) is 0 Å². The van der Waals surface area contributed by atoms with Crippen molar-refractivity contribution in [3.8, 4) is 0 Å². The van der Waals surface area contributed by atoms with Gasteiger partial charge in [0, 0.05) is 19.3 Å². The lowest BCUT2D eigenvalue weighted by atomic mass is 9.86. The van der Waals surface area contributed by atoms with Crippen molar-refractivity contribution in [1.29, 1.82) is 0 Å². The van der Waals surface area contributed by atoms with Gasteiger partial charge in [-0.05, 0) is 56.7 Å². The van der Waals surface area contributed by atoms with Crippen molar-refractivity contribution in [2.45, 2.75) is 37.6 Å². The highest BCUT2D eigenvalue weighted by molar-refractivity contribution is 7.89. The Morgan fingerprint density at radius 1 is 1.24 bits per heavy atom. The average Bonchev–Trinajstić information content (AvgIpc) is 3.13. The van der Waals surface area contributed by atoms with Gasteiger partial charge in [-0.25, -0.2) is 8.42 Å². The smallest absolute Gasteiger partial charge is 0.243 e. The molecule has 1 amide bonds. The highest BCUT2D eigenvalue weighted by Crippen LogP contribution is 2.42. The number of amides is 1. The molecule has 0 N–H and O–H groups in total. The molecule has 0 aliphatic carbocycles. The first-order valence-corrected chi connectivity index (χ1v) is 9.58. The molecule has 6 nitrogen and oxygen atoms in total. The maximum absolute atomic E-state index is 12.9. The van der Waals surface area contributed by atoms with Crippen molar-refractivity contribution in [1.82, 2.24) is 4.31 Å². The number of anilines is 1. The van der Waals surface area contributed by atoms with E-state index in [9.17, 15) is 13.2 Å². The summed E-state index contributed by atoms with van der Waals surface area (Å²) < 4.78 is 32.2. The summed E-state index contributed by atoms with van der Waals surface area (Å²) in [4.78, 5) is 14.4. The van der Waals surface area contributed by atoms with Gasteiger partial charge in [0.2, 0.25) is 15.9 Å². The minimum atomic E-state index is -3.68. The van der Waals surface area contributed by atoms with Crippen LogP contribution in [0.5, 0.6) is 0 Å². The standard InChI is InChI=1S/C18H22N2O4S/c1-5-20-16-9-8-14(11-15(16)18(2,3)17(20)21)25(22,23)19(4)12-13-7-6-10-24-13/h6-11H,5,12H2,1-4H3. The van der Waals surface area contributed by atoms with Crippen LogP contribution in [0, 0.1) is 0 Å². The highest BCUT2D eigenvalue weighted by Gasteiger charge is 2.43. The molecule has 0 spiro atoms. The average molecular weight is 362 g/mol. The van der Waals surface area contributed by atoms with Crippen LogP contribution in [0.3, 0.4) is 0 Å². The van der Waals surface area contributed by atoms with E-state index in [0.29, 0.717) is 12.3 Å². The number of sulfonamides is 1. The summed E-state index contributed by atoms with van der Waals surface area (Å²) in [5, 5.41) is 0. The second-order valence-corrected chi connectivity index (χ2v) is 8.74. The maximum Gasteiger partial charge on any atom is 0.243 e. The van der Waals surface area contributed by atoms with Crippen LogP contribution in [-0.2, 0) is 26.8 Å². The van der Waals surface area contributed by atoms with Crippen molar-refractivity contribution in [3.63, 3.8) is 0 Å². The quantitative estimate of drug-likeness (QED) is 0.820. The van der Waals surface area contributed by atoms with Crippen molar-refractivity contribution in [3.05, 3.63) is 47.9 Å². The number of carbonyl (C=O) groups is 1. The number of fused-ring (bicyclic) bond motifs is 1. The normalized spacial score (nSPS) is 16.5. The highest BCUT2D eigenvalue weighted by atomic mass is 32.2. The molecule has 0 fully saturated rings. The molecule has 0 atom stereocenters. The Morgan fingerprint density at radius 2 is 1.96 bits per heavy atom. The monoisotopic (exact) mass is 362 g/mol. The fourth-order valence-corrected chi connectivity index (χ4v) is 4.34. The molecular weight excluding hydrogens is 340 g/mol. The zero-order chi connectivity index (χ0) is 18.4. The summed E-state index contributed by atoms with van der Waals surface area (Å²) in [7, 11) is -2.17. The van der Waals surface area contributed by atoms with Crippen LogP contribution < -0.4 is 4.90 Å². The molecule has 134 valence electrons. The summed E-state index contributed by atoms with van der Waals surface area (Å²) in [6.07, 6.45) is 1.51. The van der Waals surface area contributed by atoms with Gasteiger partial charge in [0.1, 0.15) is 5.76 Å². The van der Waals surface area contributed by atoms with Crippen LogP contribution in [-0.4, -0.2) is 32.2 Å². The van der Waals surface area contributed by atoms with Crippen LogP contribution in [0.4, 0.5) is 5.69 Å². The second kappa shape index (κ2) is 6.00. The summed E-state index contributed by atoms with van der Waals surface area (Å²) in [5.41, 5.74) is 0.785. The van der Waals surface area contributed by atoms with E-state index in [-0.39, 0.29) is 17.3 Å². The SMILES string of the molecule is CCN1C(=O)C(C)(C)c2cc(S(=O)(=O)N(C)Cc3ccco3)ccc21. The minimum absolute atomic E-state index is 0.0107. The molecule has 1 aliphatic heterocycles. The van der Waals surface area contributed by atoms with Crippen molar-refractivity contribution >= 4 is 21.6 Å². The second-order valence-electron chi connectivity index (χ2n) is 6.69. The lowest BCUT2D eigenvalue weighted by Crippen LogP contribution is -2.35. The van der Waals surface area contributed by atoms with Crippen LogP contribution in [0.2, 0.25) is 0 Å². The van der Waals surface area contributed by atoms with E-state index in [1.54, 1.807) is 35.2 Å². The maximum atomic E-state index is 12.9. The number of benzene rings is 1. The Kier molecular flexibility index (Phi) is 4.25. The molecule has 0 radical (unpaired) electrons. The third-order valence-corrected chi connectivity index (χ3v) is 6.49. The Labute approximate surface area is 148 Å². The zero-order valence-corrected chi connectivity index (χ0v) is 15.6. The first kappa shape index (κ1) is 17.7. The largest absolute Gasteiger partial charge is 0.468 e. The molecule has 25 heavy (non-hydrogen) atoms. The molecule has 0 unspecified atom stereocenters. The van der Waals surface area contributed by atoms with Gasteiger partial charge >= 0.3 is 0 Å². The van der Waals surface area contributed by atoms with Gasteiger partial charge in [0.15, 0.2) is 0 Å². The molecule has 2 heterocycles. The Bertz CT molecular complexity index is 901. The first-order chi connectivity index (χ1) is 11.7. The van der Waals surface area contributed by atoms with E-state index in [1.807, 2.05) is 20.8 Å². The van der Waals surface area contributed by atoms with E-state index in [2.05, 4.69) is 0 Å². The third kappa shape index (κ3) is 2.77. The Morgan fingerprint density at radius 3 is 2.56 bits per heavy atom. The van der Waals surface area contributed by atoms with Gasteiger partial charge in [-0.3, -0.25) is 4.79 Å². The van der Waals surface area contributed by atoms with E-state index in [0.717, 1.165) is 11.3 Å². The van der Waals surface area contributed by atoms with E-state index in [1.165, 1.54) is 17.6 Å². The van der Waals surface area contributed by atoms with Crippen LogP contribution >= 0.6 is 0 Å². The predicted molar refractivity (Wildman–Crippen MR) is 94.9 cm³/mol. The van der Waals surface area contributed by atoms with E-state index >= 15 is 0 Å². The van der Waals surface area contributed by atoms with Gasteiger partial charge in [0.25, 0.3) is 0 Å². The van der Waals surface area contributed by atoms with Crippen molar-refractivity contribution < 1.29 is 17.6 Å². The lowest BCUT2D eigenvalue weighted by molar-refractivity contribution is -0.122. The zero-order valence-electron chi connectivity index (χ0n) is 14.8. The number of carbonyl (C=O) groups excluding carboxylic acids is 1. The number of furan rings is 1. The molecule has 0 saturated carbocycles. The van der Waals surface area contributed by atoms with E-state index < -0.39 is 15.4 Å². The predicted octanol–water partition coefficient (Wildman–Crippen LogP) is 2.74. The number of rotatable bonds is 5. The van der Waals surface area contributed by atoms with Crippen LogP contribution in [0.25, 0.3) is 0 Å². The first-order valence-electron chi connectivity index (χ1n) is 8.14. The molecule has 2 aromatic rings. The van der Waals surface area contributed by atoms with Crippen LogP contribution in [0.1, 0.15) is 32.1 Å². The Hall–Kier alpha value is -2.12. The molecule has 1 aliphatic rings. The summed E-state index contributed by atoms with van der Waals surface area (Å²) in [6, 6.07) is 8.36. The number of nitrogens with zero attached hydrogens (tertiary/aromatic N) is 2. The van der Waals surface area contributed by atoms with Gasteiger partial charge in [-0.15, -0.1) is 0 Å². The molecule has 0 saturated heterocycles. The fraction of sp³-hybridized carbons (Fsp3) is 0.389. The van der Waals surface area contributed by atoms with Gasteiger partial charge < -0.3 is 9.32 Å². The molecule has 3 rings (SSSR count). The lowest BCUT2D eigenvalue weighted by Gasteiger charge is -2.19. The molecule has 1 aromatic carbocycles. The topological polar surface area (TPSA) is 70.8 Å². The minimum Gasteiger partial charge on any atom is -0.468 e. The number of likely N-dealkylation sites (N-methyl/N-ethyl adjacent to an activating group) is 1. The van der Waals surface area contributed by atoms with Crippen LogP contribution in [0.15, 0.2) is 45.9 Å². The molecular formula is C18H22N2O4S.